The van der Waals surface area contributed by atoms with Crippen LogP contribution in [0.2, 0.25) is 0 Å². The van der Waals surface area contributed by atoms with Crippen LogP contribution >= 0.6 is 31.9 Å². The molecule has 0 saturated heterocycles. The molecule has 2 unspecified atom stereocenters. The molecule has 0 heterocycles. The Balaban J connectivity index is 1.58. The van der Waals surface area contributed by atoms with Gasteiger partial charge in [-0.15, -0.1) is 0 Å². The Morgan fingerprint density at radius 3 is 2.38 bits per heavy atom. The molecule has 0 N–H and O–H groups in total. The minimum absolute atomic E-state index is 0.0244. The van der Waals surface area contributed by atoms with E-state index < -0.39 is 5.97 Å². The molecule has 0 spiro atoms. The molecule has 4 fully saturated rings. The number of hydrogen-bond acceptors (Lipinski definition) is 4. The van der Waals surface area contributed by atoms with Crippen molar-refractivity contribution in [2.45, 2.75) is 53.6 Å². The zero-order chi connectivity index (χ0) is 20.9. The van der Waals surface area contributed by atoms with E-state index in [1.54, 1.807) is 6.92 Å². The molecule has 4 nitrogen and oxygen atoms in total. The summed E-state index contributed by atoms with van der Waals surface area (Å²) in [6, 6.07) is 6.51. The molecule has 160 valence electrons. The summed E-state index contributed by atoms with van der Waals surface area (Å²) in [5, 5.41) is 0. The molecule has 0 aromatic heterocycles. The molecule has 0 radical (unpaired) electrons. The van der Waals surface area contributed by atoms with Gasteiger partial charge in [-0.2, -0.15) is 0 Å². The van der Waals surface area contributed by atoms with Gasteiger partial charge in [0, 0.05) is 32.1 Å². The fourth-order valence-corrected chi connectivity index (χ4v) is 7.75. The molecule has 0 amide bonds. The number of alkyl halides is 2. The van der Waals surface area contributed by atoms with Gasteiger partial charge in [-0.1, -0.05) is 50.6 Å². The Bertz CT molecular complexity index is 760. The molecule has 5 rings (SSSR count). The second-order valence-corrected chi connectivity index (χ2v) is 12.4. The number of rotatable bonds is 8. The van der Waals surface area contributed by atoms with Crippen molar-refractivity contribution in [1.82, 2.24) is 0 Å². The average molecular weight is 530 g/mol. The van der Waals surface area contributed by atoms with Gasteiger partial charge >= 0.3 is 0 Å². The highest BCUT2D eigenvalue weighted by Gasteiger charge is 2.64. The van der Waals surface area contributed by atoms with Crippen molar-refractivity contribution in [2.24, 2.45) is 17.8 Å². The molecule has 1 aromatic carbocycles. The summed E-state index contributed by atoms with van der Waals surface area (Å²) >= 11 is 8.27. The minimum atomic E-state index is -1.13. The van der Waals surface area contributed by atoms with E-state index in [0.29, 0.717) is 5.92 Å². The van der Waals surface area contributed by atoms with Gasteiger partial charge in [-0.25, -0.2) is 0 Å². The molecule has 6 heteroatoms. The van der Waals surface area contributed by atoms with E-state index in [2.05, 4.69) is 50.6 Å². The van der Waals surface area contributed by atoms with E-state index in [0.717, 1.165) is 23.1 Å². The van der Waals surface area contributed by atoms with E-state index in [1.807, 2.05) is 12.1 Å². The van der Waals surface area contributed by atoms with Gasteiger partial charge in [0.05, 0.1) is 3.23 Å². The van der Waals surface area contributed by atoms with Gasteiger partial charge in [0.15, 0.2) is 6.79 Å². The Kier molecular flexibility index (Phi) is 5.97. The Morgan fingerprint density at radius 1 is 1.14 bits per heavy atom. The van der Waals surface area contributed by atoms with Crippen molar-refractivity contribution >= 4 is 37.9 Å². The van der Waals surface area contributed by atoms with Gasteiger partial charge < -0.3 is 14.2 Å². The van der Waals surface area contributed by atoms with Crippen LogP contribution in [0.4, 0.5) is 0 Å². The maximum Gasteiger partial charge on any atom is 0.282 e. The average Bonchev–Trinajstić information content (AvgIpc) is 2.71. The number of hydrogen-bond donors (Lipinski definition) is 0. The van der Waals surface area contributed by atoms with Gasteiger partial charge in [0.2, 0.25) is 0 Å². The first-order chi connectivity index (χ1) is 13.8. The first kappa shape index (κ1) is 21.8. The lowest BCUT2D eigenvalue weighted by Crippen LogP contribution is -2.61. The highest BCUT2D eigenvalue weighted by atomic mass is 79.9. The minimum Gasteiger partial charge on any atom is -0.467 e. The predicted octanol–water partition coefficient (Wildman–Crippen LogP) is 6.21. The fourth-order valence-electron chi connectivity index (χ4n) is 5.89. The molecule has 1 aromatic rings. The van der Waals surface area contributed by atoms with Crippen molar-refractivity contribution in [2.75, 3.05) is 21.0 Å². The van der Waals surface area contributed by atoms with E-state index in [1.165, 1.54) is 51.9 Å². The van der Waals surface area contributed by atoms with Crippen molar-refractivity contribution in [3.63, 3.8) is 0 Å². The smallest absolute Gasteiger partial charge is 0.282 e. The Morgan fingerprint density at radius 2 is 1.79 bits per heavy atom. The quantitative estimate of drug-likeness (QED) is 0.296. The van der Waals surface area contributed by atoms with Gasteiger partial charge in [0.1, 0.15) is 5.75 Å². The van der Waals surface area contributed by atoms with E-state index >= 15 is 0 Å². The summed E-state index contributed by atoms with van der Waals surface area (Å²) in [5.41, 5.74) is 2.46. The predicted molar refractivity (Wildman–Crippen MR) is 121 cm³/mol. The van der Waals surface area contributed by atoms with Crippen LogP contribution in [0, 0.1) is 17.8 Å². The standard InChI is InChI=1S/C23H30Br2O4/c1-5-17-11-18(6-7-20(17)28-14-29-21(2,26-3)27-4)22-12-15-8-16(13-22)10-19(9-15)23(22,24)25/h5-7,11,15-16,19H,1,8-10,12-14H2,2-4H3. The SMILES string of the molecule is C=Cc1cc(C23CC4CC(CC(C4)C2(Br)Br)C3)ccc1OCOC(C)(OC)OC. The molecule has 29 heavy (non-hydrogen) atoms. The Labute approximate surface area is 190 Å². The third-order valence-electron chi connectivity index (χ3n) is 7.39. The van der Waals surface area contributed by atoms with Gasteiger partial charge in [-0.3, -0.25) is 4.74 Å². The van der Waals surface area contributed by atoms with Gasteiger partial charge in [0.25, 0.3) is 5.97 Å². The molecule has 4 aliphatic rings. The highest BCUT2D eigenvalue weighted by molar-refractivity contribution is 9.25. The third kappa shape index (κ3) is 3.63. The van der Waals surface area contributed by atoms with Crippen molar-refractivity contribution in [3.05, 3.63) is 35.9 Å². The summed E-state index contributed by atoms with van der Waals surface area (Å²) in [7, 11) is 3.07. The zero-order valence-electron chi connectivity index (χ0n) is 17.4. The van der Waals surface area contributed by atoms with Crippen molar-refractivity contribution in [3.8, 4) is 5.75 Å². The van der Waals surface area contributed by atoms with Crippen LogP contribution in [0.25, 0.3) is 6.08 Å². The van der Waals surface area contributed by atoms with Crippen LogP contribution < -0.4 is 4.74 Å². The van der Waals surface area contributed by atoms with Crippen molar-refractivity contribution < 1.29 is 18.9 Å². The first-order valence-corrected chi connectivity index (χ1v) is 11.9. The maximum absolute atomic E-state index is 5.88. The van der Waals surface area contributed by atoms with Crippen LogP contribution in [0.3, 0.4) is 0 Å². The molecule has 4 aliphatic carbocycles. The largest absolute Gasteiger partial charge is 0.467 e. The molecule has 2 atom stereocenters. The van der Waals surface area contributed by atoms with Crippen LogP contribution in [0.5, 0.6) is 5.75 Å². The van der Waals surface area contributed by atoms with Crippen LogP contribution in [-0.4, -0.2) is 30.2 Å². The normalized spacial score (nSPS) is 32.4. The lowest BCUT2D eigenvalue weighted by molar-refractivity contribution is -0.364. The second-order valence-electron chi connectivity index (χ2n) is 8.88. The molecule has 4 saturated carbocycles. The monoisotopic (exact) mass is 528 g/mol. The number of ether oxygens (including phenoxy) is 4. The Hall–Kier alpha value is -0.400. The molecule has 4 bridgehead atoms. The number of halogens is 2. The van der Waals surface area contributed by atoms with Crippen LogP contribution in [-0.2, 0) is 19.6 Å². The van der Waals surface area contributed by atoms with E-state index in [4.69, 9.17) is 18.9 Å². The fraction of sp³-hybridized carbons (Fsp3) is 0.652. The van der Waals surface area contributed by atoms with E-state index in [-0.39, 0.29) is 15.4 Å². The summed E-state index contributed by atoms with van der Waals surface area (Å²) in [4.78, 5) is 0. The summed E-state index contributed by atoms with van der Waals surface area (Å²) < 4.78 is 21.8. The number of benzene rings is 1. The first-order valence-electron chi connectivity index (χ1n) is 10.3. The van der Waals surface area contributed by atoms with Crippen molar-refractivity contribution in [1.29, 1.82) is 0 Å². The lowest BCUT2D eigenvalue weighted by Gasteiger charge is -2.64. The third-order valence-corrected chi connectivity index (χ3v) is 10.2. The van der Waals surface area contributed by atoms with Crippen LogP contribution in [0.1, 0.15) is 50.2 Å². The highest BCUT2D eigenvalue weighted by Crippen LogP contribution is 2.70. The van der Waals surface area contributed by atoms with Gasteiger partial charge in [-0.05, 0) is 67.6 Å². The van der Waals surface area contributed by atoms with E-state index in [9.17, 15) is 0 Å². The second kappa shape index (κ2) is 7.94. The molecular formula is C23H30Br2O4. The maximum atomic E-state index is 5.88. The summed E-state index contributed by atoms with van der Waals surface area (Å²) in [6.45, 7) is 5.74. The number of methoxy groups -OCH3 is 2. The summed E-state index contributed by atoms with van der Waals surface area (Å²) in [6.07, 6.45) is 8.39. The molecular weight excluding hydrogens is 500 g/mol. The topological polar surface area (TPSA) is 36.9 Å². The molecule has 0 aliphatic heterocycles. The lowest BCUT2D eigenvalue weighted by atomic mass is 9.48. The zero-order valence-corrected chi connectivity index (χ0v) is 20.6. The van der Waals surface area contributed by atoms with Crippen LogP contribution in [0.15, 0.2) is 24.8 Å². The summed E-state index contributed by atoms with van der Waals surface area (Å²) in [5.74, 6) is 1.99.